The third-order valence-electron chi connectivity index (χ3n) is 4.43. The first kappa shape index (κ1) is 14.2. The molecule has 0 radical (unpaired) electrons. The van der Waals surface area contributed by atoms with Gasteiger partial charge in [-0.25, -0.2) is 0 Å². The van der Waals surface area contributed by atoms with Crippen LogP contribution in [0.25, 0.3) is 0 Å². The molecule has 0 aromatic heterocycles. The average molecular weight is 275 g/mol. The average Bonchev–Trinajstić information content (AvgIpc) is 2.76. The minimum Gasteiger partial charge on any atom is -0.317 e. The Labute approximate surface area is 111 Å². The number of piperidine rings is 1. The molecular formula is C12H25N3O2S. The molecule has 1 spiro atoms. The van der Waals surface area contributed by atoms with Gasteiger partial charge in [-0.05, 0) is 37.8 Å². The molecule has 2 aliphatic rings. The second-order valence-electron chi connectivity index (χ2n) is 5.43. The fourth-order valence-electron chi connectivity index (χ4n) is 3.17. The minimum atomic E-state index is -3.23. The van der Waals surface area contributed by atoms with E-state index in [-0.39, 0.29) is 5.41 Å². The van der Waals surface area contributed by atoms with Crippen molar-refractivity contribution in [2.24, 2.45) is 5.41 Å². The molecule has 0 aliphatic carbocycles. The molecule has 0 amide bonds. The summed E-state index contributed by atoms with van der Waals surface area (Å²) in [5.41, 5.74) is 0.242. The van der Waals surface area contributed by atoms with Crippen LogP contribution in [-0.2, 0) is 10.2 Å². The van der Waals surface area contributed by atoms with Gasteiger partial charge in [0.1, 0.15) is 0 Å². The van der Waals surface area contributed by atoms with Gasteiger partial charge in [0.2, 0.25) is 0 Å². The van der Waals surface area contributed by atoms with Crippen molar-refractivity contribution >= 4 is 10.2 Å². The molecular weight excluding hydrogens is 250 g/mol. The number of rotatable bonds is 4. The van der Waals surface area contributed by atoms with Crippen LogP contribution in [0.1, 0.15) is 33.1 Å². The molecule has 0 saturated carbocycles. The summed E-state index contributed by atoms with van der Waals surface area (Å²) in [7, 11) is -3.23. The van der Waals surface area contributed by atoms with E-state index >= 15 is 0 Å². The van der Waals surface area contributed by atoms with Crippen molar-refractivity contribution in [3.63, 3.8) is 0 Å². The summed E-state index contributed by atoms with van der Waals surface area (Å²) in [5.74, 6) is 0. The fourth-order valence-corrected chi connectivity index (χ4v) is 4.91. The van der Waals surface area contributed by atoms with Crippen LogP contribution in [0.15, 0.2) is 0 Å². The summed E-state index contributed by atoms with van der Waals surface area (Å²) in [6.45, 7) is 8.38. The van der Waals surface area contributed by atoms with E-state index in [4.69, 9.17) is 0 Å². The normalized spacial score (nSPS) is 25.1. The molecule has 1 N–H and O–H groups in total. The Kier molecular flexibility index (Phi) is 4.31. The lowest BCUT2D eigenvalue weighted by Gasteiger charge is -2.34. The third kappa shape index (κ3) is 2.57. The second kappa shape index (κ2) is 5.45. The molecule has 6 heteroatoms. The van der Waals surface area contributed by atoms with Gasteiger partial charge in [0, 0.05) is 26.2 Å². The summed E-state index contributed by atoms with van der Waals surface area (Å²) >= 11 is 0. The van der Waals surface area contributed by atoms with E-state index in [1.807, 2.05) is 13.8 Å². The zero-order chi connectivity index (χ0) is 13.2. The number of nitrogens with zero attached hydrogens (tertiary/aromatic N) is 2. The van der Waals surface area contributed by atoms with Crippen LogP contribution in [0.5, 0.6) is 0 Å². The monoisotopic (exact) mass is 275 g/mol. The van der Waals surface area contributed by atoms with Crippen LogP contribution in [-0.4, -0.2) is 56.3 Å². The minimum absolute atomic E-state index is 0.242. The lowest BCUT2D eigenvalue weighted by Crippen LogP contribution is -2.45. The van der Waals surface area contributed by atoms with E-state index in [2.05, 4.69) is 5.32 Å². The largest absolute Gasteiger partial charge is 0.317 e. The zero-order valence-corrected chi connectivity index (χ0v) is 12.3. The molecule has 0 atom stereocenters. The van der Waals surface area contributed by atoms with Gasteiger partial charge >= 0.3 is 0 Å². The first-order valence-corrected chi connectivity index (χ1v) is 8.40. The second-order valence-corrected chi connectivity index (χ2v) is 7.35. The lowest BCUT2D eigenvalue weighted by molar-refractivity contribution is 0.216. The number of hydrogen-bond acceptors (Lipinski definition) is 3. The quantitative estimate of drug-likeness (QED) is 0.819. The van der Waals surface area contributed by atoms with Crippen molar-refractivity contribution in [1.29, 1.82) is 0 Å². The van der Waals surface area contributed by atoms with Gasteiger partial charge in [-0.15, -0.1) is 0 Å². The molecule has 0 unspecified atom stereocenters. The van der Waals surface area contributed by atoms with E-state index in [0.29, 0.717) is 26.2 Å². The van der Waals surface area contributed by atoms with E-state index in [9.17, 15) is 8.42 Å². The Hall–Kier alpha value is -0.170. The van der Waals surface area contributed by atoms with Crippen molar-refractivity contribution in [2.45, 2.75) is 33.1 Å². The maximum absolute atomic E-state index is 12.5. The van der Waals surface area contributed by atoms with Crippen LogP contribution < -0.4 is 5.32 Å². The van der Waals surface area contributed by atoms with E-state index < -0.39 is 10.2 Å². The Morgan fingerprint density at radius 2 is 1.78 bits per heavy atom. The standard InChI is InChI=1S/C12H25N3O2S/c1-3-14(4-2)18(16,17)15-10-7-12(11-15)5-8-13-9-6-12/h13H,3-11H2,1-2H3. The van der Waals surface area contributed by atoms with Crippen LogP contribution >= 0.6 is 0 Å². The SMILES string of the molecule is CCN(CC)S(=O)(=O)N1CCC2(CCNCC2)C1. The van der Waals surface area contributed by atoms with E-state index in [0.717, 1.165) is 32.4 Å². The van der Waals surface area contributed by atoms with Crippen LogP contribution in [0.3, 0.4) is 0 Å². The fraction of sp³-hybridized carbons (Fsp3) is 1.00. The van der Waals surface area contributed by atoms with Gasteiger partial charge < -0.3 is 5.32 Å². The first-order valence-electron chi connectivity index (χ1n) is 7.00. The van der Waals surface area contributed by atoms with Crippen molar-refractivity contribution in [3.8, 4) is 0 Å². The number of nitrogens with one attached hydrogen (secondary N) is 1. The zero-order valence-electron chi connectivity index (χ0n) is 11.5. The molecule has 18 heavy (non-hydrogen) atoms. The predicted octanol–water partition coefficient (Wildman–Crippen LogP) is 0.649. The molecule has 2 saturated heterocycles. The molecule has 2 heterocycles. The molecule has 106 valence electrons. The highest BCUT2D eigenvalue weighted by Crippen LogP contribution is 2.39. The van der Waals surface area contributed by atoms with Crippen LogP contribution in [0, 0.1) is 5.41 Å². The summed E-state index contributed by atoms with van der Waals surface area (Å²) in [6, 6.07) is 0. The van der Waals surface area contributed by atoms with Gasteiger partial charge in [-0.3, -0.25) is 0 Å². The highest BCUT2D eigenvalue weighted by Gasteiger charge is 2.44. The molecule has 5 nitrogen and oxygen atoms in total. The first-order chi connectivity index (χ1) is 8.54. The highest BCUT2D eigenvalue weighted by molar-refractivity contribution is 7.86. The molecule has 0 bridgehead atoms. The summed E-state index contributed by atoms with van der Waals surface area (Å²) in [4.78, 5) is 0. The van der Waals surface area contributed by atoms with E-state index in [1.54, 1.807) is 8.61 Å². The summed E-state index contributed by atoms with van der Waals surface area (Å²) in [5, 5.41) is 3.36. The third-order valence-corrected chi connectivity index (χ3v) is 6.56. The smallest absolute Gasteiger partial charge is 0.281 e. The maximum Gasteiger partial charge on any atom is 0.281 e. The molecule has 0 aromatic rings. The molecule has 2 fully saturated rings. The topological polar surface area (TPSA) is 52.7 Å². The molecule has 0 aromatic carbocycles. The van der Waals surface area contributed by atoms with Gasteiger partial charge in [0.05, 0.1) is 0 Å². The summed E-state index contributed by atoms with van der Waals surface area (Å²) < 4.78 is 28.2. The van der Waals surface area contributed by atoms with E-state index in [1.165, 1.54) is 0 Å². The van der Waals surface area contributed by atoms with Crippen molar-refractivity contribution in [2.75, 3.05) is 39.3 Å². The lowest BCUT2D eigenvalue weighted by atomic mass is 9.78. The Morgan fingerprint density at radius 1 is 1.17 bits per heavy atom. The van der Waals surface area contributed by atoms with Crippen LogP contribution in [0.2, 0.25) is 0 Å². The Balaban J connectivity index is 2.08. The van der Waals surface area contributed by atoms with Crippen molar-refractivity contribution in [3.05, 3.63) is 0 Å². The van der Waals surface area contributed by atoms with Gasteiger partial charge in [0.25, 0.3) is 10.2 Å². The molecule has 2 aliphatic heterocycles. The van der Waals surface area contributed by atoms with Gasteiger partial charge in [-0.2, -0.15) is 17.0 Å². The maximum atomic E-state index is 12.5. The van der Waals surface area contributed by atoms with Gasteiger partial charge in [0.15, 0.2) is 0 Å². The predicted molar refractivity (Wildman–Crippen MR) is 72.6 cm³/mol. The number of hydrogen-bond donors (Lipinski definition) is 1. The van der Waals surface area contributed by atoms with Gasteiger partial charge in [-0.1, -0.05) is 13.8 Å². The summed E-state index contributed by atoms with van der Waals surface area (Å²) in [6.07, 6.45) is 3.24. The Morgan fingerprint density at radius 3 is 2.33 bits per heavy atom. The molecule has 2 rings (SSSR count). The van der Waals surface area contributed by atoms with Crippen molar-refractivity contribution < 1.29 is 8.42 Å². The van der Waals surface area contributed by atoms with Crippen molar-refractivity contribution in [1.82, 2.24) is 13.9 Å². The van der Waals surface area contributed by atoms with Crippen LogP contribution in [0.4, 0.5) is 0 Å². The highest BCUT2D eigenvalue weighted by atomic mass is 32.2. The Bertz CT molecular complexity index is 373.